The minimum Gasteiger partial charge on any atom is -0.312 e. The van der Waals surface area contributed by atoms with Crippen molar-refractivity contribution >= 4 is 22.4 Å². The number of hydrogen-bond donors (Lipinski definition) is 1. The van der Waals surface area contributed by atoms with Crippen LogP contribution in [0.1, 0.15) is 17.2 Å². The zero-order valence-electron chi connectivity index (χ0n) is 11.6. The first-order valence-electron chi connectivity index (χ1n) is 6.48. The van der Waals surface area contributed by atoms with Crippen molar-refractivity contribution in [2.45, 2.75) is 17.9 Å². The number of aryl methyl sites for hydroxylation is 1. The first-order valence-corrected chi connectivity index (χ1v) is 8.17. The SMILES string of the molecule is CNC(CS(=O)c1cccc(Cl)c1)c1ccc(C)cc1. The number of benzene rings is 2. The molecule has 0 bridgehead atoms. The van der Waals surface area contributed by atoms with Crippen LogP contribution in [0.5, 0.6) is 0 Å². The van der Waals surface area contributed by atoms with Gasteiger partial charge < -0.3 is 5.32 Å². The topological polar surface area (TPSA) is 29.1 Å². The van der Waals surface area contributed by atoms with Crippen molar-refractivity contribution in [2.24, 2.45) is 0 Å². The van der Waals surface area contributed by atoms with Gasteiger partial charge in [-0.15, -0.1) is 0 Å². The predicted molar refractivity (Wildman–Crippen MR) is 85.7 cm³/mol. The maximum Gasteiger partial charge on any atom is 0.0549 e. The zero-order valence-corrected chi connectivity index (χ0v) is 13.2. The van der Waals surface area contributed by atoms with Crippen LogP contribution in [-0.2, 0) is 10.8 Å². The molecule has 1 N–H and O–H groups in total. The summed E-state index contributed by atoms with van der Waals surface area (Å²) in [5, 5.41) is 3.84. The molecule has 0 aliphatic carbocycles. The summed E-state index contributed by atoms with van der Waals surface area (Å²) in [5.74, 6) is 0.528. The summed E-state index contributed by atoms with van der Waals surface area (Å²) >= 11 is 5.94. The Morgan fingerprint density at radius 1 is 1.20 bits per heavy atom. The molecule has 0 spiro atoms. The van der Waals surface area contributed by atoms with Gasteiger partial charge in [0.25, 0.3) is 0 Å². The van der Waals surface area contributed by atoms with Gasteiger partial charge in [-0.25, -0.2) is 0 Å². The minimum absolute atomic E-state index is 0.0652. The van der Waals surface area contributed by atoms with E-state index in [1.54, 1.807) is 12.1 Å². The maximum absolute atomic E-state index is 12.4. The Morgan fingerprint density at radius 2 is 1.90 bits per heavy atom. The van der Waals surface area contributed by atoms with Crippen LogP contribution in [0.15, 0.2) is 53.4 Å². The average molecular weight is 308 g/mol. The Balaban J connectivity index is 2.14. The van der Waals surface area contributed by atoms with Gasteiger partial charge in [-0.1, -0.05) is 47.5 Å². The van der Waals surface area contributed by atoms with Crippen molar-refractivity contribution in [1.82, 2.24) is 5.32 Å². The lowest BCUT2D eigenvalue weighted by Gasteiger charge is -2.16. The first kappa shape index (κ1) is 15.2. The third-order valence-corrected chi connectivity index (χ3v) is 4.86. The molecule has 2 rings (SSSR count). The van der Waals surface area contributed by atoms with Crippen molar-refractivity contribution in [1.29, 1.82) is 0 Å². The Labute approximate surface area is 127 Å². The lowest BCUT2D eigenvalue weighted by molar-refractivity contribution is 0.635. The van der Waals surface area contributed by atoms with Crippen LogP contribution in [0.25, 0.3) is 0 Å². The van der Waals surface area contributed by atoms with E-state index in [1.807, 2.05) is 19.2 Å². The van der Waals surface area contributed by atoms with Crippen LogP contribution in [0.4, 0.5) is 0 Å². The highest BCUT2D eigenvalue weighted by molar-refractivity contribution is 7.85. The molecule has 2 atom stereocenters. The molecule has 0 aromatic heterocycles. The van der Waals surface area contributed by atoms with Gasteiger partial charge in [-0.3, -0.25) is 4.21 Å². The molecule has 2 nitrogen and oxygen atoms in total. The standard InChI is InChI=1S/C16H18ClNOS/c1-12-6-8-13(9-7-12)16(18-2)11-20(19)15-5-3-4-14(17)10-15/h3-10,16,18H,11H2,1-2H3. The van der Waals surface area contributed by atoms with Gasteiger partial charge in [0.15, 0.2) is 0 Å². The van der Waals surface area contributed by atoms with Crippen LogP contribution >= 0.6 is 11.6 Å². The highest BCUT2D eigenvalue weighted by Crippen LogP contribution is 2.19. The van der Waals surface area contributed by atoms with Gasteiger partial charge in [0.1, 0.15) is 0 Å². The largest absolute Gasteiger partial charge is 0.312 e. The van der Waals surface area contributed by atoms with Gasteiger partial charge in [0.05, 0.1) is 10.8 Å². The van der Waals surface area contributed by atoms with Crippen molar-refractivity contribution in [2.75, 3.05) is 12.8 Å². The van der Waals surface area contributed by atoms with Crippen LogP contribution in [0.2, 0.25) is 5.02 Å². The third-order valence-electron chi connectivity index (χ3n) is 3.21. The fourth-order valence-electron chi connectivity index (χ4n) is 2.00. The molecular formula is C16H18ClNOS. The quantitative estimate of drug-likeness (QED) is 0.912. The summed E-state index contributed by atoms with van der Waals surface area (Å²) in [7, 11) is 0.812. The highest BCUT2D eigenvalue weighted by Gasteiger charge is 2.14. The zero-order chi connectivity index (χ0) is 14.5. The van der Waals surface area contributed by atoms with E-state index in [2.05, 4.69) is 36.5 Å². The maximum atomic E-state index is 12.4. The van der Waals surface area contributed by atoms with Crippen molar-refractivity contribution in [3.8, 4) is 0 Å². The van der Waals surface area contributed by atoms with Gasteiger partial charge >= 0.3 is 0 Å². The third kappa shape index (κ3) is 3.92. The van der Waals surface area contributed by atoms with E-state index in [9.17, 15) is 4.21 Å². The molecule has 0 fully saturated rings. The minimum atomic E-state index is -1.08. The molecule has 106 valence electrons. The molecule has 2 unspecified atom stereocenters. The van der Waals surface area contributed by atoms with Crippen LogP contribution in [0, 0.1) is 6.92 Å². The van der Waals surface area contributed by atoms with Crippen molar-refractivity contribution in [3.63, 3.8) is 0 Å². The summed E-state index contributed by atoms with van der Waals surface area (Å²) in [5.41, 5.74) is 2.37. The second kappa shape index (κ2) is 7.02. The van der Waals surface area contributed by atoms with Crippen LogP contribution < -0.4 is 5.32 Å². The number of rotatable bonds is 5. The van der Waals surface area contributed by atoms with E-state index >= 15 is 0 Å². The van der Waals surface area contributed by atoms with Crippen LogP contribution in [-0.4, -0.2) is 17.0 Å². The van der Waals surface area contributed by atoms with E-state index < -0.39 is 10.8 Å². The second-order valence-corrected chi connectivity index (χ2v) is 6.65. The van der Waals surface area contributed by atoms with Gasteiger partial charge in [-0.2, -0.15) is 0 Å². The normalized spacial score (nSPS) is 13.9. The molecule has 4 heteroatoms. The van der Waals surface area contributed by atoms with Crippen molar-refractivity contribution < 1.29 is 4.21 Å². The molecule has 20 heavy (non-hydrogen) atoms. The Kier molecular flexibility index (Phi) is 5.35. The number of hydrogen-bond acceptors (Lipinski definition) is 2. The average Bonchev–Trinajstić information content (AvgIpc) is 2.45. The first-order chi connectivity index (χ1) is 9.60. The molecule has 0 saturated heterocycles. The predicted octanol–water partition coefficient (Wildman–Crippen LogP) is 3.72. The summed E-state index contributed by atoms with van der Waals surface area (Å²) in [6.07, 6.45) is 0. The van der Waals surface area contributed by atoms with E-state index in [4.69, 9.17) is 11.6 Å². The number of nitrogens with one attached hydrogen (secondary N) is 1. The summed E-state index contributed by atoms with van der Waals surface area (Å²) in [4.78, 5) is 0.768. The van der Waals surface area contributed by atoms with Gasteiger partial charge in [0, 0.05) is 21.7 Å². The van der Waals surface area contributed by atoms with E-state index in [1.165, 1.54) is 5.56 Å². The second-order valence-electron chi connectivity index (χ2n) is 4.72. The van der Waals surface area contributed by atoms with Gasteiger partial charge in [0.2, 0.25) is 0 Å². The van der Waals surface area contributed by atoms with E-state index in [0.29, 0.717) is 10.8 Å². The van der Waals surface area contributed by atoms with E-state index in [0.717, 1.165) is 10.5 Å². The fourth-order valence-corrected chi connectivity index (χ4v) is 3.60. The summed E-state index contributed by atoms with van der Waals surface area (Å²) < 4.78 is 12.4. The molecule has 0 aliphatic heterocycles. The molecular weight excluding hydrogens is 290 g/mol. The smallest absolute Gasteiger partial charge is 0.0549 e. The highest BCUT2D eigenvalue weighted by atomic mass is 35.5. The number of halogens is 1. The lowest BCUT2D eigenvalue weighted by atomic mass is 10.1. The molecule has 2 aromatic carbocycles. The van der Waals surface area contributed by atoms with Crippen LogP contribution in [0.3, 0.4) is 0 Å². The van der Waals surface area contributed by atoms with Gasteiger partial charge in [-0.05, 0) is 37.7 Å². The Bertz CT molecular complexity index is 598. The molecule has 0 amide bonds. The summed E-state index contributed by atoms with van der Waals surface area (Å²) in [6, 6.07) is 15.6. The Morgan fingerprint density at radius 3 is 2.50 bits per heavy atom. The monoisotopic (exact) mass is 307 g/mol. The molecule has 0 heterocycles. The molecule has 0 aliphatic rings. The van der Waals surface area contributed by atoms with E-state index in [-0.39, 0.29) is 6.04 Å². The lowest BCUT2D eigenvalue weighted by Crippen LogP contribution is -2.22. The summed E-state index contributed by atoms with van der Waals surface area (Å²) in [6.45, 7) is 2.06. The van der Waals surface area contributed by atoms with Crippen molar-refractivity contribution in [3.05, 3.63) is 64.7 Å². The fraction of sp³-hybridized carbons (Fsp3) is 0.250. The molecule has 2 aromatic rings. The Hall–Kier alpha value is -1.16. The molecule has 0 saturated carbocycles. The molecule has 0 radical (unpaired) electrons.